The molecule has 0 saturated carbocycles. The number of aliphatic hydroxyl groups is 2. The monoisotopic (exact) mass is 306 g/mol. The van der Waals surface area contributed by atoms with E-state index in [1.54, 1.807) is 0 Å². The summed E-state index contributed by atoms with van der Waals surface area (Å²) in [6.45, 7) is 3.91. The molecule has 1 amide bonds. The number of hydrogen-bond acceptors (Lipinski definition) is 6. The number of hydrogen-bond donors (Lipinski definition) is 5. The molecule has 3 rings (SSSR count). The van der Waals surface area contributed by atoms with E-state index in [0.717, 1.165) is 5.56 Å². The maximum atomic E-state index is 12.1. The molecule has 2 aliphatic heterocycles. The van der Waals surface area contributed by atoms with Crippen LogP contribution >= 0.6 is 0 Å². The zero-order valence-corrected chi connectivity index (χ0v) is 12.7. The summed E-state index contributed by atoms with van der Waals surface area (Å²) in [5, 5.41) is 26.6. The SMILES string of the molecule is Cc1ccc(C(C)N2NC(CO)C3C(=O)NC(O)NC32)cc1. The number of nitrogens with zero attached hydrogens (tertiary/aromatic N) is 1. The number of aryl methyl sites for hydroxylation is 1. The molecule has 5 unspecified atom stereocenters. The maximum absolute atomic E-state index is 12.1. The first-order valence-electron chi connectivity index (χ1n) is 7.47. The van der Waals surface area contributed by atoms with Crippen molar-refractivity contribution in [1.29, 1.82) is 0 Å². The number of rotatable bonds is 3. The van der Waals surface area contributed by atoms with Crippen LogP contribution in [0.2, 0.25) is 0 Å². The molecule has 0 spiro atoms. The van der Waals surface area contributed by atoms with Gasteiger partial charge in [-0.15, -0.1) is 0 Å². The van der Waals surface area contributed by atoms with E-state index in [0.29, 0.717) is 0 Å². The summed E-state index contributed by atoms with van der Waals surface area (Å²) >= 11 is 0. The lowest BCUT2D eigenvalue weighted by molar-refractivity contribution is -0.137. The average molecular weight is 306 g/mol. The van der Waals surface area contributed by atoms with Gasteiger partial charge in [0.05, 0.1) is 24.7 Å². The van der Waals surface area contributed by atoms with Crippen molar-refractivity contribution in [3.05, 3.63) is 35.4 Å². The van der Waals surface area contributed by atoms with Crippen molar-refractivity contribution in [1.82, 2.24) is 21.1 Å². The van der Waals surface area contributed by atoms with Crippen molar-refractivity contribution in [2.75, 3.05) is 6.61 Å². The first-order valence-corrected chi connectivity index (χ1v) is 7.47. The Balaban J connectivity index is 1.86. The molecule has 22 heavy (non-hydrogen) atoms. The van der Waals surface area contributed by atoms with Crippen LogP contribution in [0.4, 0.5) is 0 Å². The van der Waals surface area contributed by atoms with Gasteiger partial charge in [0.15, 0.2) is 6.35 Å². The molecule has 0 radical (unpaired) electrons. The summed E-state index contributed by atoms with van der Waals surface area (Å²) in [5.41, 5.74) is 5.47. The Morgan fingerprint density at radius 1 is 1.32 bits per heavy atom. The molecule has 7 heteroatoms. The lowest BCUT2D eigenvalue weighted by atomic mass is 9.96. The van der Waals surface area contributed by atoms with Crippen LogP contribution in [-0.4, -0.2) is 46.3 Å². The summed E-state index contributed by atoms with van der Waals surface area (Å²) < 4.78 is 0. The van der Waals surface area contributed by atoms with Crippen LogP contribution in [0.15, 0.2) is 24.3 Å². The highest BCUT2D eigenvalue weighted by Crippen LogP contribution is 2.31. The van der Waals surface area contributed by atoms with Crippen molar-refractivity contribution in [3.63, 3.8) is 0 Å². The van der Waals surface area contributed by atoms with Crippen LogP contribution in [0, 0.1) is 12.8 Å². The van der Waals surface area contributed by atoms with E-state index in [1.807, 2.05) is 43.1 Å². The molecular formula is C15H22N4O3. The van der Waals surface area contributed by atoms with E-state index in [9.17, 15) is 15.0 Å². The van der Waals surface area contributed by atoms with E-state index < -0.39 is 12.3 Å². The van der Waals surface area contributed by atoms with Crippen LogP contribution in [0.1, 0.15) is 24.1 Å². The van der Waals surface area contributed by atoms with E-state index >= 15 is 0 Å². The van der Waals surface area contributed by atoms with Crippen molar-refractivity contribution >= 4 is 5.91 Å². The van der Waals surface area contributed by atoms with Gasteiger partial charge in [-0.25, -0.2) is 10.4 Å². The molecule has 0 aromatic heterocycles. The Bertz CT molecular complexity index is 550. The first-order chi connectivity index (χ1) is 10.5. The largest absolute Gasteiger partial charge is 0.395 e. The summed E-state index contributed by atoms with van der Waals surface area (Å²) in [7, 11) is 0. The fraction of sp³-hybridized carbons (Fsp3) is 0.533. The topological polar surface area (TPSA) is 96.9 Å². The van der Waals surface area contributed by atoms with Crippen LogP contribution in [0.3, 0.4) is 0 Å². The lowest BCUT2D eigenvalue weighted by Crippen LogP contribution is -2.64. The third-order valence-electron chi connectivity index (χ3n) is 4.47. The summed E-state index contributed by atoms with van der Waals surface area (Å²) in [6.07, 6.45) is -1.46. The van der Waals surface area contributed by atoms with Crippen LogP contribution in [-0.2, 0) is 4.79 Å². The van der Waals surface area contributed by atoms with Crippen LogP contribution in [0.5, 0.6) is 0 Å². The molecule has 2 heterocycles. The van der Waals surface area contributed by atoms with Gasteiger partial charge in [-0.1, -0.05) is 29.8 Å². The molecule has 2 aliphatic rings. The van der Waals surface area contributed by atoms with Crippen molar-refractivity contribution in [3.8, 4) is 0 Å². The summed E-state index contributed by atoms with van der Waals surface area (Å²) in [4.78, 5) is 12.1. The predicted molar refractivity (Wildman–Crippen MR) is 80.0 cm³/mol. The molecule has 2 saturated heterocycles. The van der Waals surface area contributed by atoms with E-state index in [4.69, 9.17) is 0 Å². The van der Waals surface area contributed by atoms with Gasteiger partial charge in [0.25, 0.3) is 0 Å². The Kier molecular flexibility index (Phi) is 4.16. The second kappa shape index (κ2) is 5.94. The Labute approximate surface area is 129 Å². The normalized spacial score (nSPS) is 33.4. The van der Waals surface area contributed by atoms with Crippen molar-refractivity contribution in [2.45, 2.75) is 38.4 Å². The van der Waals surface area contributed by atoms with Crippen LogP contribution < -0.4 is 16.1 Å². The second-order valence-corrected chi connectivity index (χ2v) is 5.96. The average Bonchev–Trinajstić information content (AvgIpc) is 2.86. The third kappa shape index (κ3) is 2.62. The van der Waals surface area contributed by atoms with Gasteiger partial charge in [-0.05, 0) is 19.4 Å². The molecular weight excluding hydrogens is 284 g/mol. The minimum absolute atomic E-state index is 0.0183. The minimum atomic E-state index is -1.08. The van der Waals surface area contributed by atoms with Gasteiger partial charge >= 0.3 is 0 Å². The molecule has 5 atom stereocenters. The second-order valence-electron chi connectivity index (χ2n) is 5.96. The van der Waals surface area contributed by atoms with Crippen molar-refractivity contribution in [2.24, 2.45) is 5.92 Å². The highest BCUT2D eigenvalue weighted by Gasteiger charge is 2.50. The van der Waals surface area contributed by atoms with E-state index in [1.165, 1.54) is 5.56 Å². The quantitative estimate of drug-likeness (QED) is 0.500. The molecule has 120 valence electrons. The number of benzene rings is 1. The number of carbonyl (C=O) groups is 1. The van der Waals surface area contributed by atoms with Gasteiger partial charge in [0, 0.05) is 6.04 Å². The Morgan fingerprint density at radius 3 is 2.64 bits per heavy atom. The summed E-state index contributed by atoms with van der Waals surface area (Å²) in [5.74, 6) is -0.720. The molecule has 1 aromatic carbocycles. The predicted octanol–water partition coefficient (Wildman–Crippen LogP) is -0.825. The third-order valence-corrected chi connectivity index (χ3v) is 4.47. The van der Waals surface area contributed by atoms with Gasteiger partial charge < -0.3 is 15.5 Å². The molecule has 2 fully saturated rings. The zero-order valence-electron chi connectivity index (χ0n) is 12.7. The molecule has 0 bridgehead atoms. The Morgan fingerprint density at radius 2 is 2.00 bits per heavy atom. The highest BCUT2D eigenvalue weighted by atomic mass is 16.3. The molecule has 0 aliphatic carbocycles. The lowest BCUT2D eigenvalue weighted by Gasteiger charge is -2.37. The number of hydrazine groups is 1. The fourth-order valence-electron chi connectivity index (χ4n) is 3.20. The maximum Gasteiger partial charge on any atom is 0.230 e. The number of carbonyl (C=O) groups excluding carboxylic acids is 1. The molecule has 5 N–H and O–H groups in total. The van der Waals surface area contributed by atoms with E-state index in [-0.39, 0.29) is 30.8 Å². The number of nitrogens with one attached hydrogen (secondary N) is 3. The highest BCUT2D eigenvalue weighted by molar-refractivity contribution is 5.81. The standard InChI is InChI=1S/C15H22N4O3/c1-8-3-5-10(6-4-8)9(2)19-13-12(11(7-20)18-19)14(21)17-15(22)16-13/h3-6,9,11-13,15-16,18,20,22H,7H2,1-2H3,(H,17,21). The van der Waals surface area contributed by atoms with Gasteiger partial charge in [-0.3, -0.25) is 10.1 Å². The van der Waals surface area contributed by atoms with Gasteiger partial charge in [0.2, 0.25) is 5.91 Å². The fourth-order valence-corrected chi connectivity index (χ4v) is 3.20. The molecule has 7 nitrogen and oxygen atoms in total. The van der Waals surface area contributed by atoms with Gasteiger partial charge in [0.1, 0.15) is 0 Å². The minimum Gasteiger partial charge on any atom is -0.395 e. The zero-order chi connectivity index (χ0) is 15.9. The van der Waals surface area contributed by atoms with Gasteiger partial charge in [-0.2, -0.15) is 0 Å². The number of aliphatic hydroxyl groups excluding tert-OH is 2. The first kappa shape index (κ1) is 15.4. The number of amides is 1. The van der Waals surface area contributed by atoms with Crippen molar-refractivity contribution < 1.29 is 15.0 Å². The van der Waals surface area contributed by atoms with Crippen LogP contribution in [0.25, 0.3) is 0 Å². The van der Waals surface area contributed by atoms with E-state index in [2.05, 4.69) is 16.1 Å². The Hall–Kier alpha value is -1.51. The molecule has 1 aromatic rings. The smallest absolute Gasteiger partial charge is 0.230 e. The summed E-state index contributed by atoms with van der Waals surface area (Å²) in [6, 6.07) is 7.77. The number of fused-ring (bicyclic) bond motifs is 1.